The third-order valence-electron chi connectivity index (χ3n) is 7.01. The molecule has 0 N–H and O–H groups in total. The Morgan fingerprint density at radius 3 is 1.12 bits per heavy atom. The van der Waals surface area contributed by atoms with E-state index in [-0.39, 0.29) is 0 Å². The zero-order valence-electron chi connectivity index (χ0n) is 16.0. The molecule has 5 aliphatic carbocycles. The van der Waals surface area contributed by atoms with Gasteiger partial charge in [0.25, 0.3) is 0 Å². The molecule has 26 heavy (non-hydrogen) atoms. The second-order valence-corrected chi connectivity index (χ2v) is 8.40. The molecule has 0 saturated heterocycles. The van der Waals surface area contributed by atoms with Crippen molar-refractivity contribution >= 4 is 0 Å². The average Bonchev–Trinajstić information content (AvgIpc) is 2.68. The lowest BCUT2D eigenvalue weighted by Gasteiger charge is -2.37. The summed E-state index contributed by atoms with van der Waals surface area (Å²) in [5.74, 6) is 2.33. The van der Waals surface area contributed by atoms with E-state index in [1.807, 2.05) is 14.2 Å². The van der Waals surface area contributed by atoms with Crippen LogP contribution >= 0.6 is 0 Å². The van der Waals surface area contributed by atoms with Gasteiger partial charge in [-0.1, -0.05) is 44.6 Å². The van der Waals surface area contributed by atoms with Crippen molar-refractivity contribution in [1.82, 2.24) is 0 Å². The third kappa shape index (κ3) is 2.71. The Hall–Kier alpha value is -1.96. The van der Waals surface area contributed by atoms with Crippen LogP contribution < -0.4 is 0 Å². The summed E-state index contributed by atoms with van der Waals surface area (Å²) in [5.41, 5.74) is 13.6. The van der Waals surface area contributed by atoms with E-state index in [1.165, 1.54) is 38.5 Å². The average molecular weight is 348 g/mol. The van der Waals surface area contributed by atoms with Crippen molar-refractivity contribution in [2.24, 2.45) is 0 Å². The Labute approximate surface area is 156 Å². The van der Waals surface area contributed by atoms with Crippen molar-refractivity contribution in [2.45, 2.75) is 64.2 Å². The Morgan fingerprint density at radius 2 is 0.769 bits per heavy atom. The van der Waals surface area contributed by atoms with Crippen LogP contribution in [0.4, 0.5) is 0 Å². The van der Waals surface area contributed by atoms with Crippen molar-refractivity contribution in [3.63, 3.8) is 0 Å². The van der Waals surface area contributed by atoms with Crippen molar-refractivity contribution in [3.05, 3.63) is 68.3 Å². The summed E-state index contributed by atoms with van der Waals surface area (Å²) in [6, 6.07) is 0. The first-order chi connectivity index (χ1) is 12.7. The van der Waals surface area contributed by atoms with Crippen molar-refractivity contribution in [2.75, 3.05) is 14.2 Å². The number of hydrogen-bond acceptors (Lipinski definition) is 2. The fourth-order valence-corrected chi connectivity index (χ4v) is 5.45. The normalized spacial score (nSPS) is 25.2. The minimum atomic E-state index is 1.03. The molecule has 5 aliphatic rings. The monoisotopic (exact) mass is 348 g/mol. The van der Waals surface area contributed by atoms with Crippen LogP contribution in [-0.4, -0.2) is 14.2 Å². The van der Waals surface area contributed by atoms with Crippen molar-refractivity contribution in [3.8, 4) is 0 Å². The maximum absolute atomic E-state index is 5.52. The highest BCUT2D eigenvalue weighted by Crippen LogP contribution is 2.49. The first kappa shape index (κ1) is 16.2. The molecule has 0 spiro atoms. The third-order valence-corrected chi connectivity index (χ3v) is 7.01. The van der Waals surface area contributed by atoms with Crippen LogP contribution in [0.15, 0.2) is 68.3 Å². The van der Waals surface area contributed by atoms with Crippen LogP contribution in [-0.2, 0) is 9.47 Å². The Bertz CT molecular complexity index is 785. The van der Waals surface area contributed by atoms with E-state index in [0.29, 0.717) is 0 Å². The minimum Gasteiger partial charge on any atom is -0.501 e. The highest BCUT2D eigenvalue weighted by Gasteiger charge is 2.31. The van der Waals surface area contributed by atoms with Gasteiger partial charge in [-0.2, -0.15) is 0 Å². The first-order valence-corrected chi connectivity index (χ1v) is 9.98. The molecule has 0 atom stereocenters. The molecular formula is C24H28O2. The van der Waals surface area contributed by atoms with E-state index in [1.54, 1.807) is 44.6 Å². The van der Waals surface area contributed by atoms with Gasteiger partial charge in [0.1, 0.15) is 0 Å². The molecule has 0 heterocycles. The van der Waals surface area contributed by atoms with Crippen LogP contribution in [0.25, 0.3) is 0 Å². The highest BCUT2D eigenvalue weighted by atomic mass is 16.5. The van der Waals surface area contributed by atoms with Gasteiger partial charge in [0.2, 0.25) is 0 Å². The number of ether oxygens (including phenoxy) is 2. The topological polar surface area (TPSA) is 18.5 Å². The molecule has 2 heteroatoms. The predicted octanol–water partition coefficient (Wildman–Crippen LogP) is 6.20. The Balaban J connectivity index is 1.31. The van der Waals surface area contributed by atoms with Gasteiger partial charge < -0.3 is 9.47 Å². The smallest absolute Gasteiger partial charge is 0.0959 e. The van der Waals surface area contributed by atoms with Gasteiger partial charge in [0, 0.05) is 12.8 Å². The van der Waals surface area contributed by atoms with E-state index in [4.69, 9.17) is 9.47 Å². The molecule has 136 valence electrons. The molecule has 0 bridgehead atoms. The van der Waals surface area contributed by atoms with Crippen LogP contribution in [0.3, 0.4) is 0 Å². The summed E-state index contributed by atoms with van der Waals surface area (Å²) in [6.45, 7) is 0. The maximum atomic E-state index is 5.52. The Morgan fingerprint density at radius 1 is 0.462 bits per heavy atom. The first-order valence-electron chi connectivity index (χ1n) is 9.98. The van der Waals surface area contributed by atoms with Crippen LogP contribution in [0.5, 0.6) is 0 Å². The summed E-state index contributed by atoms with van der Waals surface area (Å²) < 4.78 is 11.0. The lowest BCUT2D eigenvalue weighted by atomic mass is 9.69. The standard InChI is InChI=1S/C24H28O2/c1-25-23-5-3-15-7-17-9-18-8-16-4-6-24(26-2)14-22(16)12-20(18)10-19(17)11-21(15)13-23/h5-6H,3-4,7-14H2,1-2H3. The van der Waals surface area contributed by atoms with Crippen molar-refractivity contribution in [1.29, 1.82) is 0 Å². The zero-order valence-corrected chi connectivity index (χ0v) is 16.0. The van der Waals surface area contributed by atoms with E-state index in [0.717, 1.165) is 37.2 Å². The molecule has 0 unspecified atom stereocenters. The molecule has 2 nitrogen and oxygen atoms in total. The lowest BCUT2D eigenvalue weighted by Crippen LogP contribution is -2.18. The molecular weight excluding hydrogens is 320 g/mol. The predicted molar refractivity (Wildman–Crippen MR) is 104 cm³/mol. The lowest BCUT2D eigenvalue weighted by molar-refractivity contribution is 0.278. The van der Waals surface area contributed by atoms with Crippen LogP contribution in [0, 0.1) is 0 Å². The second-order valence-electron chi connectivity index (χ2n) is 8.40. The van der Waals surface area contributed by atoms with E-state index >= 15 is 0 Å². The van der Waals surface area contributed by atoms with Gasteiger partial charge in [0.15, 0.2) is 0 Å². The summed E-state index contributed by atoms with van der Waals surface area (Å²) in [7, 11) is 3.62. The van der Waals surface area contributed by atoms with Crippen LogP contribution in [0.1, 0.15) is 64.2 Å². The molecule has 0 aromatic carbocycles. The van der Waals surface area contributed by atoms with Gasteiger partial charge in [-0.05, 0) is 63.5 Å². The molecule has 5 rings (SSSR count). The molecule has 0 aliphatic heterocycles. The summed E-state index contributed by atoms with van der Waals surface area (Å²) in [4.78, 5) is 0. The quantitative estimate of drug-likeness (QED) is 0.553. The van der Waals surface area contributed by atoms with E-state index in [9.17, 15) is 0 Å². The van der Waals surface area contributed by atoms with Gasteiger partial charge >= 0.3 is 0 Å². The van der Waals surface area contributed by atoms with Gasteiger partial charge in [-0.3, -0.25) is 0 Å². The zero-order chi connectivity index (χ0) is 17.7. The van der Waals surface area contributed by atoms with E-state index in [2.05, 4.69) is 12.2 Å². The fourth-order valence-electron chi connectivity index (χ4n) is 5.45. The Kier molecular flexibility index (Phi) is 3.95. The van der Waals surface area contributed by atoms with Gasteiger partial charge in [-0.15, -0.1) is 0 Å². The summed E-state index contributed by atoms with van der Waals surface area (Å²) >= 11 is 0. The second kappa shape index (κ2) is 6.33. The number of allylic oxidation sites excluding steroid dienone is 10. The molecule has 0 fully saturated rings. The number of hydrogen-bond donors (Lipinski definition) is 0. The van der Waals surface area contributed by atoms with Crippen LogP contribution in [0.2, 0.25) is 0 Å². The summed E-state index contributed by atoms with van der Waals surface area (Å²) in [6.07, 6.45) is 16.1. The SMILES string of the molecule is COC1=CCC2=C(C1)CC1=C(C2)CC2=C(CC3=C(CC=C(OC)C3)C2)C1. The van der Waals surface area contributed by atoms with Gasteiger partial charge in [0.05, 0.1) is 25.7 Å². The minimum absolute atomic E-state index is 1.03. The molecule has 0 aromatic rings. The fraction of sp³-hybridized carbons (Fsp3) is 0.500. The molecule has 0 radical (unpaired) electrons. The maximum Gasteiger partial charge on any atom is 0.0959 e. The van der Waals surface area contributed by atoms with Gasteiger partial charge in [-0.25, -0.2) is 0 Å². The largest absolute Gasteiger partial charge is 0.501 e. The van der Waals surface area contributed by atoms with Crippen molar-refractivity contribution < 1.29 is 9.47 Å². The highest BCUT2D eigenvalue weighted by molar-refractivity contribution is 5.50. The number of rotatable bonds is 2. The molecule has 0 saturated carbocycles. The number of methoxy groups -OCH3 is 2. The molecule has 0 amide bonds. The summed E-state index contributed by atoms with van der Waals surface area (Å²) in [5, 5.41) is 0. The molecule has 0 aromatic heterocycles. The van der Waals surface area contributed by atoms with E-state index < -0.39 is 0 Å².